The highest BCUT2D eigenvalue weighted by Crippen LogP contribution is 2.17. The van der Waals surface area contributed by atoms with Gasteiger partial charge >= 0.3 is 5.97 Å². The van der Waals surface area contributed by atoms with Crippen LogP contribution in [0.25, 0.3) is 10.8 Å². The van der Waals surface area contributed by atoms with Crippen molar-refractivity contribution in [1.29, 1.82) is 0 Å². The molecule has 3 aromatic carbocycles. The van der Waals surface area contributed by atoms with E-state index in [1.807, 2.05) is 30.3 Å². The molecule has 4 rings (SSSR count). The molecule has 1 amide bonds. The highest BCUT2D eigenvalue weighted by atomic mass is 16.5. The van der Waals surface area contributed by atoms with Crippen LogP contribution in [0, 0.1) is 0 Å². The van der Waals surface area contributed by atoms with Gasteiger partial charge in [0.2, 0.25) is 0 Å². The Kier molecular flexibility index (Phi) is 5.57. The number of esters is 1. The molecule has 0 saturated heterocycles. The zero-order valence-corrected chi connectivity index (χ0v) is 16.7. The van der Waals surface area contributed by atoms with Crippen molar-refractivity contribution in [3.63, 3.8) is 0 Å². The molecule has 0 bridgehead atoms. The quantitative estimate of drug-likeness (QED) is 0.506. The monoisotopic (exact) mass is 413 g/mol. The first-order valence-electron chi connectivity index (χ1n) is 9.60. The summed E-state index contributed by atoms with van der Waals surface area (Å²) < 4.78 is 6.01. The number of anilines is 1. The lowest BCUT2D eigenvalue weighted by Gasteiger charge is -2.12. The molecule has 0 radical (unpaired) electrons. The summed E-state index contributed by atoms with van der Waals surface area (Å²) in [5, 5.41) is 7.98. The van der Waals surface area contributed by atoms with Gasteiger partial charge in [0.25, 0.3) is 11.5 Å². The van der Waals surface area contributed by atoms with Crippen LogP contribution >= 0.6 is 0 Å². The van der Waals surface area contributed by atoms with Crippen LogP contribution in [0.4, 0.5) is 5.69 Å². The SMILES string of the molecule is COC(=O)c1cccc(NC(=O)c2nn(Cc3ccccc3)c(=O)c3ccccc23)c1. The second-order valence-corrected chi connectivity index (χ2v) is 6.87. The Bertz CT molecular complexity index is 1330. The molecule has 154 valence electrons. The van der Waals surface area contributed by atoms with Gasteiger partial charge in [0.15, 0.2) is 5.69 Å². The number of benzene rings is 3. The lowest BCUT2D eigenvalue weighted by molar-refractivity contribution is 0.0600. The molecule has 0 atom stereocenters. The lowest BCUT2D eigenvalue weighted by Crippen LogP contribution is -2.28. The topological polar surface area (TPSA) is 90.3 Å². The van der Waals surface area contributed by atoms with Crippen LogP contribution in [-0.2, 0) is 11.3 Å². The van der Waals surface area contributed by atoms with Crippen molar-refractivity contribution in [2.45, 2.75) is 6.54 Å². The molecule has 0 fully saturated rings. The lowest BCUT2D eigenvalue weighted by atomic mass is 10.1. The summed E-state index contributed by atoms with van der Waals surface area (Å²) in [6, 6.07) is 22.7. The van der Waals surface area contributed by atoms with Crippen LogP contribution in [-0.4, -0.2) is 28.8 Å². The summed E-state index contributed by atoms with van der Waals surface area (Å²) in [7, 11) is 1.29. The third-order valence-corrected chi connectivity index (χ3v) is 4.80. The molecule has 1 N–H and O–H groups in total. The largest absolute Gasteiger partial charge is 0.465 e. The van der Waals surface area contributed by atoms with Crippen molar-refractivity contribution in [2.75, 3.05) is 12.4 Å². The van der Waals surface area contributed by atoms with Crippen LogP contribution < -0.4 is 10.9 Å². The number of ether oxygens (including phenoxy) is 1. The first-order chi connectivity index (χ1) is 15.1. The zero-order chi connectivity index (χ0) is 21.8. The minimum absolute atomic E-state index is 0.120. The van der Waals surface area contributed by atoms with E-state index in [0.29, 0.717) is 22.0 Å². The zero-order valence-electron chi connectivity index (χ0n) is 16.7. The van der Waals surface area contributed by atoms with E-state index in [1.165, 1.54) is 17.9 Å². The Hall–Kier alpha value is -4.26. The molecular formula is C24H19N3O4. The first-order valence-corrected chi connectivity index (χ1v) is 9.60. The third kappa shape index (κ3) is 4.20. The molecular weight excluding hydrogens is 394 g/mol. The Morgan fingerprint density at radius 3 is 2.39 bits per heavy atom. The molecule has 7 nitrogen and oxygen atoms in total. The van der Waals surface area contributed by atoms with Crippen molar-refractivity contribution in [1.82, 2.24) is 9.78 Å². The Morgan fingerprint density at radius 1 is 0.935 bits per heavy atom. The second-order valence-electron chi connectivity index (χ2n) is 6.87. The van der Waals surface area contributed by atoms with Gasteiger partial charge < -0.3 is 10.1 Å². The molecule has 0 saturated carbocycles. The predicted octanol–water partition coefficient (Wildman–Crippen LogP) is 3.48. The second kappa shape index (κ2) is 8.62. The third-order valence-electron chi connectivity index (χ3n) is 4.80. The standard InChI is InChI=1S/C24H19N3O4/c1-31-24(30)17-10-7-11-18(14-17)25-22(28)21-19-12-5-6-13-20(19)23(29)27(26-21)15-16-8-3-2-4-9-16/h2-14H,15H2,1H3,(H,25,28). The summed E-state index contributed by atoms with van der Waals surface area (Å²) in [6.07, 6.45) is 0. The van der Waals surface area contributed by atoms with Gasteiger partial charge in [-0.1, -0.05) is 54.6 Å². The van der Waals surface area contributed by atoms with E-state index in [1.54, 1.807) is 42.5 Å². The Morgan fingerprint density at radius 2 is 1.65 bits per heavy atom. The van der Waals surface area contributed by atoms with E-state index in [0.717, 1.165) is 5.56 Å². The highest BCUT2D eigenvalue weighted by molar-refractivity contribution is 6.11. The van der Waals surface area contributed by atoms with Crippen molar-refractivity contribution in [2.24, 2.45) is 0 Å². The Labute approximate surface area is 177 Å². The van der Waals surface area contributed by atoms with Crippen LogP contribution in [0.1, 0.15) is 26.4 Å². The molecule has 1 aromatic heterocycles. The molecule has 0 aliphatic rings. The molecule has 0 spiro atoms. The average Bonchev–Trinajstić information content (AvgIpc) is 2.81. The van der Waals surface area contributed by atoms with Gasteiger partial charge in [-0.25, -0.2) is 9.48 Å². The number of nitrogens with one attached hydrogen (secondary N) is 1. The Balaban J connectivity index is 1.74. The highest BCUT2D eigenvalue weighted by Gasteiger charge is 2.17. The molecule has 1 heterocycles. The fraction of sp³-hybridized carbons (Fsp3) is 0.0833. The van der Waals surface area contributed by atoms with E-state index < -0.39 is 11.9 Å². The molecule has 0 aliphatic carbocycles. The van der Waals surface area contributed by atoms with Gasteiger partial charge in [0.05, 0.1) is 24.6 Å². The van der Waals surface area contributed by atoms with Crippen LogP contribution in [0.5, 0.6) is 0 Å². The summed E-state index contributed by atoms with van der Waals surface area (Å²) in [4.78, 5) is 37.8. The van der Waals surface area contributed by atoms with Crippen molar-refractivity contribution >= 4 is 28.3 Å². The van der Waals surface area contributed by atoms with Gasteiger partial charge in [0.1, 0.15) is 0 Å². The number of rotatable bonds is 5. The molecule has 0 aliphatic heterocycles. The number of carbonyl (C=O) groups excluding carboxylic acids is 2. The van der Waals surface area contributed by atoms with Crippen LogP contribution in [0.3, 0.4) is 0 Å². The number of aromatic nitrogens is 2. The number of nitrogens with zero attached hydrogens (tertiary/aromatic N) is 2. The van der Waals surface area contributed by atoms with Crippen LogP contribution in [0.2, 0.25) is 0 Å². The van der Waals surface area contributed by atoms with E-state index in [-0.39, 0.29) is 17.8 Å². The van der Waals surface area contributed by atoms with Crippen molar-refractivity contribution < 1.29 is 14.3 Å². The predicted molar refractivity (Wildman–Crippen MR) is 117 cm³/mol. The maximum Gasteiger partial charge on any atom is 0.337 e. The number of carbonyl (C=O) groups is 2. The van der Waals surface area contributed by atoms with E-state index in [4.69, 9.17) is 4.74 Å². The summed E-state index contributed by atoms with van der Waals surface area (Å²) >= 11 is 0. The van der Waals surface area contributed by atoms with E-state index in [9.17, 15) is 14.4 Å². The molecule has 0 unspecified atom stereocenters. The molecule has 31 heavy (non-hydrogen) atoms. The van der Waals surface area contributed by atoms with Crippen molar-refractivity contribution in [3.8, 4) is 0 Å². The number of amides is 1. The fourth-order valence-electron chi connectivity index (χ4n) is 3.30. The molecule has 4 aromatic rings. The van der Waals surface area contributed by atoms with Gasteiger partial charge in [-0.15, -0.1) is 0 Å². The van der Waals surface area contributed by atoms with Gasteiger partial charge in [0, 0.05) is 11.1 Å². The fourth-order valence-corrected chi connectivity index (χ4v) is 3.30. The maximum absolute atomic E-state index is 13.1. The summed E-state index contributed by atoms with van der Waals surface area (Å²) in [6.45, 7) is 0.239. The normalized spacial score (nSPS) is 10.6. The molecule has 7 heteroatoms. The van der Waals surface area contributed by atoms with E-state index in [2.05, 4.69) is 10.4 Å². The van der Waals surface area contributed by atoms with E-state index >= 15 is 0 Å². The smallest absolute Gasteiger partial charge is 0.337 e. The first kappa shape index (κ1) is 20.0. The summed E-state index contributed by atoms with van der Waals surface area (Å²) in [5.41, 5.74) is 1.47. The van der Waals surface area contributed by atoms with Crippen molar-refractivity contribution in [3.05, 3.63) is 106 Å². The van der Waals surface area contributed by atoms with Gasteiger partial charge in [-0.3, -0.25) is 9.59 Å². The maximum atomic E-state index is 13.1. The average molecular weight is 413 g/mol. The van der Waals surface area contributed by atoms with Gasteiger partial charge in [-0.2, -0.15) is 5.10 Å². The minimum Gasteiger partial charge on any atom is -0.465 e. The van der Waals surface area contributed by atoms with Crippen LogP contribution in [0.15, 0.2) is 83.7 Å². The number of hydrogen-bond acceptors (Lipinski definition) is 5. The number of hydrogen-bond donors (Lipinski definition) is 1. The number of fused-ring (bicyclic) bond motifs is 1. The number of methoxy groups -OCH3 is 1. The van der Waals surface area contributed by atoms with Gasteiger partial charge in [-0.05, 0) is 29.8 Å². The summed E-state index contributed by atoms with van der Waals surface area (Å²) in [5.74, 6) is -0.990. The minimum atomic E-state index is -0.504.